The Morgan fingerprint density at radius 1 is 1.33 bits per heavy atom. The van der Waals surface area contributed by atoms with Crippen LogP contribution in [-0.4, -0.2) is 22.2 Å². The van der Waals surface area contributed by atoms with Crippen molar-refractivity contribution in [1.82, 2.24) is 15.1 Å². The van der Waals surface area contributed by atoms with Crippen molar-refractivity contribution in [3.63, 3.8) is 0 Å². The largest absolute Gasteiger partial charge is 0.397 e. The minimum absolute atomic E-state index is 0.0854. The fraction of sp³-hybridized carbons (Fsp3) is 0.375. The number of nitrogens with one attached hydrogen (secondary N) is 1. The van der Waals surface area contributed by atoms with Crippen molar-refractivity contribution in [1.29, 1.82) is 0 Å². The summed E-state index contributed by atoms with van der Waals surface area (Å²) in [6.45, 7) is 6.98. The number of nitrogens with two attached hydrogens (primary N) is 1. The van der Waals surface area contributed by atoms with Gasteiger partial charge in [0, 0.05) is 12.7 Å². The van der Waals surface area contributed by atoms with Gasteiger partial charge in [-0.15, -0.1) is 0 Å². The van der Waals surface area contributed by atoms with Crippen molar-refractivity contribution in [3.8, 4) is 5.69 Å². The normalized spacial score (nSPS) is 11.4. The molecule has 3 N–H and O–H groups in total. The molecule has 1 aromatic heterocycles. The van der Waals surface area contributed by atoms with Crippen LogP contribution in [0.25, 0.3) is 5.69 Å². The molecule has 1 heterocycles. The molecule has 5 heteroatoms. The molecule has 5 nitrogen and oxygen atoms in total. The summed E-state index contributed by atoms with van der Waals surface area (Å²) in [7, 11) is 0. The van der Waals surface area contributed by atoms with Crippen LogP contribution >= 0.6 is 0 Å². The lowest BCUT2D eigenvalue weighted by molar-refractivity contribution is 0.0930. The van der Waals surface area contributed by atoms with E-state index in [2.05, 4.69) is 31.2 Å². The van der Waals surface area contributed by atoms with Crippen LogP contribution in [0.5, 0.6) is 0 Å². The zero-order valence-electron chi connectivity index (χ0n) is 12.8. The molecule has 112 valence electrons. The molecule has 0 aliphatic rings. The van der Waals surface area contributed by atoms with Gasteiger partial charge in [0.25, 0.3) is 5.91 Å². The van der Waals surface area contributed by atoms with Crippen molar-refractivity contribution < 1.29 is 4.79 Å². The number of nitrogens with zero attached hydrogens (tertiary/aromatic N) is 2. The highest BCUT2D eigenvalue weighted by Gasteiger charge is 2.18. The maximum Gasteiger partial charge on any atom is 0.271 e. The number of rotatable bonds is 5. The van der Waals surface area contributed by atoms with E-state index >= 15 is 0 Å². The second-order valence-corrected chi connectivity index (χ2v) is 5.90. The minimum Gasteiger partial charge on any atom is -0.397 e. The van der Waals surface area contributed by atoms with Gasteiger partial charge in [0.05, 0.1) is 11.4 Å². The maximum absolute atomic E-state index is 12.1. The lowest BCUT2D eigenvalue weighted by Crippen LogP contribution is -2.33. The number of hydrogen-bond acceptors (Lipinski definition) is 3. The van der Waals surface area contributed by atoms with Crippen LogP contribution in [-0.2, 0) is 0 Å². The van der Waals surface area contributed by atoms with E-state index in [1.807, 2.05) is 18.2 Å². The number of anilines is 1. The lowest BCUT2D eigenvalue weighted by atomic mass is 9.90. The van der Waals surface area contributed by atoms with Crippen LogP contribution in [0.4, 0.5) is 5.69 Å². The number of carbonyl (C=O) groups excluding carboxylic acids is 1. The fourth-order valence-electron chi connectivity index (χ4n) is 1.81. The van der Waals surface area contributed by atoms with Crippen LogP contribution in [0.15, 0.2) is 36.5 Å². The Bertz CT molecular complexity index is 631. The van der Waals surface area contributed by atoms with E-state index in [9.17, 15) is 4.79 Å². The number of benzene rings is 1. The van der Waals surface area contributed by atoms with E-state index in [1.54, 1.807) is 23.0 Å². The van der Waals surface area contributed by atoms with Gasteiger partial charge in [-0.25, -0.2) is 4.68 Å². The first-order chi connectivity index (χ1) is 9.93. The quantitative estimate of drug-likeness (QED) is 0.830. The second kappa shape index (κ2) is 5.99. The first kappa shape index (κ1) is 15.1. The third-order valence-electron chi connectivity index (χ3n) is 3.69. The fourth-order valence-corrected chi connectivity index (χ4v) is 1.81. The Morgan fingerprint density at radius 2 is 2.05 bits per heavy atom. The molecule has 0 unspecified atom stereocenters. The molecule has 0 radical (unpaired) electrons. The van der Waals surface area contributed by atoms with Gasteiger partial charge >= 0.3 is 0 Å². The topological polar surface area (TPSA) is 72.9 Å². The molecular weight excluding hydrogens is 264 g/mol. The summed E-state index contributed by atoms with van der Waals surface area (Å²) < 4.78 is 1.62. The predicted molar refractivity (Wildman–Crippen MR) is 84.4 cm³/mol. The van der Waals surface area contributed by atoms with Crippen molar-refractivity contribution >= 4 is 11.6 Å². The van der Waals surface area contributed by atoms with Crippen LogP contribution < -0.4 is 11.1 Å². The molecule has 0 saturated carbocycles. The Kier molecular flexibility index (Phi) is 4.31. The van der Waals surface area contributed by atoms with E-state index in [4.69, 9.17) is 5.73 Å². The van der Waals surface area contributed by atoms with Gasteiger partial charge in [-0.1, -0.05) is 32.9 Å². The van der Waals surface area contributed by atoms with Gasteiger partial charge in [0.1, 0.15) is 0 Å². The van der Waals surface area contributed by atoms with E-state index in [0.29, 0.717) is 17.9 Å². The third-order valence-corrected chi connectivity index (χ3v) is 3.69. The highest BCUT2D eigenvalue weighted by Crippen LogP contribution is 2.18. The van der Waals surface area contributed by atoms with Crippen molar-refractivity contribution in [3.05, 3.63) is 42.2 Å². The Morgan fingerprint density at radius 3 is 2.71 bits per heavy atom. The van der Waals surface area contributed by atoms with Gasteiger partial charge in [-0.3, -0.25) is 4.79 Å². The van der Waals surface area contributed by atoms with E-state index in [-0.39, 0.29) is 11.3 Å². The number of hydrogen-bond donors (Lipinski definition) is 2. The monoisotopic (exact) mass is 286 g/mol. The first-order valence-electron chi connectivity index (χ1n) is 7.12. The Hall–Kier alpha value is -2.30. The van der Waals surface area contributed by atoms with Crippen molar-refractivity contribution in [2.24, 2.45) is 5.41 Å². The van der Waals surface area contributed by atoms with Crippen LogP contribution in [0, 0.1) is 5.41 Å². The number of aromatic nitrogens is 2. The molecule has 0 bridgehead atoms. The molecule has 0 aliphatic heterocycles. The Balaban J connectivity index is 2.10. The van der Waals surface area contributed by atoms with E-state index in [1.165, 1.54) is 0 Å². The second-order valence-electron chi connectivity index (χ2n) is 5.90. The summed E-state index contributed by atoms with van der Waals surface area (Å²) in [5, 5.41) is 7.22. The molecule has 0 atom stereocenters. The standard InChI is InChI=1S/C16H22N4O/c1-4-16(2,3)11-18-15(21)13-9-10-20(19-13)14-8-6-5-7-12(14)17/h5-10H,4,11,17H2,1-3H3,(H,18,21). The molecule has 2 rings (SSSR count). The smallest absolute Gasteiger partial charge is 0.271 e. The molecule has 2 aromatic rings. The van der Waals surface area contributed by atoms with Crippen molar-refractivity contribution in [2.75, 3.05) is 12.3 Å². The summed E-state index contributed by atoms with van der Waals surface area (Å²) in [6, 6.07) is 9.12. The molecule has 0 spiro atoms. The number of nitrogen functional groups attached to an aromatic ring is 1. The molecule has 0 fully saturated rings. The van der Waals surface area contributed by atoms with Gasteiger partial charge in [0.2, 0.25) is 0 Å². The zero-order valence-corrected chi connectivity index (χ0v) is 12.8. The first-order valence-corrected chi connectivity index (χ1v) is 7.12. The summed E-state index contributed by atoms with van der Waals surface area (Å²) in [5.74, 6) is -0.162. The summed E-state index contributed by atoms with van der Waals surface area (Å²) in [6.07, 6.45) is 2.74. The van der Waals surface area contributed by atoms with Gasteiger partial charge in [-0.05, 0) is 30.0 Å². The third kappa shape index (κ3) is 3.62. The van der Waals surface area contributed by atoms with Gasteiger partial charge < -0.3 is 11.1 Å². The van der Waals surface area contributed by atoms with E-state index in [0.717, 1.165) is 12.1 Å². The molecular formula is C16H22N4O. The summed E-state index contributed by atoms with van der Waals surface area (Å²) in [5.41, 5.74) is 7.78. The van der Waals surface area contributed by atoms with Crippen molar-refractivity contribution in [2.45, 2.75) is 27.2 Å². The van der Waals surface area contributed by atoms with Gasteiger partial charge in [0.15, 0.2) is 5.69 Å². The molecule has 0 saturated heterocycles. The average molecular weight is 286 g/mol. The number of amides is 1. The van der Waals surface area contributed by atoms with Gasteiger partial charge in [-0.2, -0.15) is 5.10 Å². The number of para-hydroxylation sites is 2. The summed E-state index contributed by atoms with van der Waals surface area (Å²) in [4.78, 5) is 12.1. The summed E-state index contributed by atoms with van der Waals surface area (Å²) >= 11 is 0. The highest BCUT2D eigenvalue weighted by molar-refractivity contribution is 5.92. The maximum atomic E-state index is 12.1. The van der Waals surface area contributed by atoms with E-state index < -0.39 is 0 Å². The molecule has 0 aliphatic carbocycles. The molecule has 21 heavy (non-hydrogen) atoms. The number of carbonyl (C=O) groups is 1. The zero-order chi connectivity index (χ0) is 15.5. The van der Waals surface area contributed by atoms with Crippen LogP contribution in [0.3, 0.4) is 0 Å². The SMILES string of the molecule is CCC(C)(C)CNC(=O)c1ccn(-c2ccccc2N)n1. The van der Waals surface area contributed by atoms with Crippen LogP contribution in [0.1, 0.15) is 37.7 Å². The lowest BCUT2D eigenvalue weighted by Gasteiger charge is -2.22. The van der Waals surface area contributed by atoms with Crippen LogP contribution in [0.2, 0.25) is 0 Å². The molecule has 1 aromatic carbocycles. The predicted octanol–water partition coefficient (Wildman–Crippen LogP) is 2.62. The highest BCUT2D eigenvalue weighted by atomic mass is 16.1. The molecule has 1 amide bonds. The Labute approximate surface area is 125 Å². The minimum atomic E-state index is -0.162. The average Bonchev–Trinajstić information content (AvgIpc) is 2.95.